The maximum absolute atomic E-state index is 13.1. The van der Waals surface area contributed by atoms with Crippen LogP contribution in [0, 0.1) is 30.2 Å². The predicted molar refractivity (Wildman–Crippen MR) is 63.5 cm³/mol. The lowest BCUT2D eigenvalue weighted by molar-refractivity contribution is 0.444. The van der Waals surface area contributed by atoms with E-state index in [1.54, 1.807) is 6.92 Å². The normalized spacial score (nSPS) is 12.5. The van der Waals surface area contributed by atoms with Gasteiger partial charge in [-0.1, -0.05) is 12.1 Å². The Morgan fingerprint density at radius 1 is 0.842 bits per heavy atom. The second-order valence-electron chi connectivity index (χ2n) is 4.28. The monoisotopic (exact) mass is 269 g/mol. The van der Waals surface area contributed by atoms with Crippen LogP contribution >= 0.6 is 0 Å². The van der Waals surface area contributed by atoms with Crippen LogP contribution in [0.5, 0.6) is 0 Å². The molecule has 0 saturated carbocycles. The molecular formula is C14H11F4N. The number of hydrogen-bond acceptors (Lipinski definition) is 1. The molecule has 19 heavy (non-hydrogen) atoms. The van der Waals surface area contributed by atoms with Crippen molar-refractivity contribution >= 4 is 0 Å². The van der Waals surface area contributed by atoms with Gasteiger partial charge in [-0.25, -0.2) is 17.6 Å². The van der Waals surface area contributed by atoms with Crippen molar-refractivity contribution in [1.82, 2.24) is 0 Å². The third kappa shape index (κ3) is 2.61. The van der Waals surface area contributed by atoms with Gasteiger partial charge < -0.3 is 5.73 Å². The third-order valence-corrected chi connectivity index (χ3v) is 2.91. The highest BCUT2D eigenvalue weighted by Crippen LogP contribution is 2.24. The summed E-state index contributed by atoms with van der Waals surface area (Å²) in [6, 6.07) is 4.94. The molecule has 0 aliphatic carbocycles. The fraction of sp³-hybridized carbons (Fsp3) is 0.143. The molecular weight excluding hydrogens is 258 g/mol. The number of rotatable bonds is 2. The lowest BCUT2D eigenvalue weighted by Gasteiger charge is -2.14. The number of nitrogens with two attached hydrogens (primary N) is 1. The molecule has 2 aromatic rings. The molecule has 0 aromatic heterocycles. The van der Waals surface area contributed by atoms with Crippen molar-refractivity contribution in [2.45, 2.75) is 13.0 Å². The standard InChI is InChI=1S/C14H11F4N/c1-7-4-8(2-3-10(7)15)14(19)9-5-11(16)13(18)12(17)6-9/h2-6,14H,19H2,1H3. The Hall–Kier alpha value is -1.88. The molecule has 2 N–H and O–H groups in total. The summed E-state index contributed by atoms with van der Waals surface area (Å²) < 4.78 is 52.2. The molecule has 1 atom stereocenters. The summed E-state index contributed by atoms with van der Waals surface area (Å²) in [5, 5.41) is 0. The molecule has 0 spiro atoms. The fourth-order valence-corrected chi connectivity index (χ4v) is 1.81. The smallest absolute Gasteiger partial charge is 0.194 e. The number of benzene rings is 2. The van der Waals surface area contributed by atoms with Crippen LogP contribution in [0.1, 0.15) is 22.7 Å². The molecule has 2 rings (SSSR count). The molecule has 1 unspecified atom stereocenters. The van der Waals surface area contributed by atoms with E-state index in [-0.39, 0.29) is 5.56 Å². The van der Waals surface area contributed by atoms with Gasteiger partial charge in [-0.05, 0) is 41.8 Å². The molecule has 1 nitrogen and oxygen atoms in total. The Labute approximate surface area is 107 Å². The van der Waals surface area contributed by atoms with Gasteiger partial charge in [0, 0.05) is 0 Å². The summed E-state index contributed by atoms with van der Waals surface area (Å²) in [7, 11) is 0. The highest BCUT2D eigenvalue weighted by Gasteiger charge is 2.16. The quantitative estimate of drug-likeness (QED) is 0.654. The van der Waals surface area contributed by atoms with E-state index >= 15 is 0 Å². The highest BCUT2D eigenvalue weighted by molar-refractivity contribution is 5.34. The van der Waals surface area contributed by atoms with Crippen molar-refractivity contribution in [3.63, 3.8) is 0 Å². The first-order valence-electron chi connectivity index (χ1n) is 5.56. The van der Waals surface area contributed by atoms with Crippen molar-refractivity contribution in [3.05, 3.63) is 70.3 Å². The van der Waals surface area contributed by atoms with E-state index in [2.05, 4.69) is 0 Å². The van der Waals surface area contributed by atoms with Crippen molar-refractivity contribution in [3.8, 4) is 0 Å². The number of hydrogen-bond donors (Lipinski definition) is 1. The van der Waals surface area contributed by atoms with Crippen LogP contribution in [0.15, 0.2) is 30.3 Å². The average Bonchev–Trinajstić information content (AvgIpc) is 2.37. The van der Waals surface area contributed by atoms with Crippen molar-refractivity contribution in [2.75, 3.05) is 0 Å². The van der Waals surface area contributed by atoms with E-state index in [9.17, 15) is 17.6 Å². The molecule has 0 fully saturated rings. The zero-order chi connectivity index (χ0) is 14.2. The second kappa shape index (κ2) is 5.01. The van der Waals surface area contributed by atoms with Gasteiger partial charge in [0.05, 0.1) is 6.04 Å². The summed E-state index contributed by atoms with van der Waals surface area (Å²) >= 11 is 0. The molecule has 0 radical (unpaired) electrons. The first-order valence-corrected chi connectivity index (χ1v) is 5.56. The molecule has 2 aromatic carbocycles. The van der Waals surface area contributed by atoms with Crippen molar-refractivity contribution < 1.29 is 17.6 Å². The Kier molecular flexibility index (Phi) is 3.57. The predicted octanol–water partition coefficient (Wildman–Crippen LogP) is 3.60. The van der Waals surface area contributed by atoms with Gasteiger partial charge in [-0.2, -0.15) is 0 Å². The molecule has 0 amide bonds. The van der Waals surface area contributed by atoms with E-state index < -0.39 is 29.3 Å². The van der Waals surface area contributed by atoms with Crippen molar-refractivity contribution in [2.24, 2.45) is 5.73 Å². The highest BCUT2D eigenvalue weighted by atomic mass is 19.2. The van der Waals surface area contributed by atoms with Crippen molar-refractivity contribution in [1.29, 1.82) is 0 Å². The number of halogens is 4. The topological polar surface area (TPSA) is 26.0 Å². The van der Waals surface area contributed by atoms with Gasteiger partial charge in [-0.15, -0.1) is 0 Å². The SMILES string of the molecule is Cc1cc(C(N)c2cc(F)c(F)c(F)c2)ccc1F. The summed E-state index contributed by atoms with van der Waals surface area (Å²) in [6.45, 7) is 1.55. The largest absolute Gasteiger partial charge is 0.320 e. The van der Waals surface area contributed by atoms with Gasteiger partial charge in [-0.3, -0.25) is 0 Å². The van der Waals surface area contributed by atoms with E-state index in [1.165, 1.54) is 18.2 Å². The third-order valence-electron chi connectivity index (χ3n) is 2.91. The van der Waals surface area contributed by atoms with Crippen LogP contribution in [0.3, 0.4) is 0 Å². The molecule has 0 aliphatic rings. The van der Waals surface area contributed by atoms with Crippen LogP contribution in [-0.4, -0.2) is 0 Å². The van der Waals surface area contributed by atoms with Gasteiger partial charge in [0.15, 0.2) is 17.5 Å². The minimum absolute atomic E-state index is 0.0856. The maximum Gasteiger partial charge on any atom is 0.194 e. The fourth-order valence-electron chi connectivity index (χ4n) is 1.81. The molecule has 0 saturated heterocycles. The zero-order valence-electron chi connectivity index (χ0n) is 10.1. The number of aryl methyl sites for hydroxylation is 1. The van der Waals surface area contributed by atoms with Crippen LogP contribution in [0.25, 0.3) is 0 Å². The molecule has 0 bridgehead atoms. The van der Waals surface area contributed by atoms with Crippen LogP contribution in [0.2, 0.25) is 0 Å². The lowest BCUT2D eigenvalue weighted by Crippen LogP contribution is -2.13. The van der Waals surface area contributed by atoms with Gasteiger partial charge in [0.2, 0.25) is 0 Å². The van der Waals surface area contributed by atoms with Gasteiger partial charge in [0.25, 0.3) is 0 Å². The molecule has 0 aliphatic heterocycles. The zero-order valence-corrected chi connectivity index (χ0v) is 10.1. The van der Waals surface area contributed by atoms with Gasteiger partial charge in [0.1, 0.15) is 5.82 Å². The first kappa shape index (κ1) is 13.5. The van der Waals surface area contributed by atoms with Crippen LogP contribution < -0.4 is 5.73 Å². The second-order valence-corrected chi connectivity index (χ2v) is 4.28. The van der Waals surface area contributed by atoms with E-state index in [1.807, 2.05) is 0 Å². The Balaban J connectivity index is 2.43. The molecule has 100 valence electrons. The molecule has 5 heteroatoms. The summed E-state index contributed by atoms with van der Waals surface area (Å²) in [5.74, 6) is -4.53. The lowest BCUT2D eigenvalue weighted by atomic mass is 9.98. The minimum atomic E-state index is -1.54. The Morgan fingerprint density at radius 3 is 1.95 bits per heavy atom. The van der Waals surface area contributed by atoms with Crippen LogP contribution in [0.4, 0.5) is 17.6 Å². The maximum atomic E-state index is 13.1. The van der Waals surface area contributed by atoms with E-state index in [0.717, 1.165) is 12.1 Å². The summed E-state index contributed by atoms with van der Waals surface area (Å²) in [4.78, 5) is 0. The Morgan fingerprint density at radius 2 is 1.42 bits per heavy atom. The summed E-state index contributed by atoms with van der Waals surface area (Å²) in [6.07, 6.45) is 0. The minimum Gasteiger partial charge on any atom is -0.320 e. The average molecular weight is 269 g/mol. The molecule has 0 heterocycles. The van der Waals surface area contributed by atoms with E-state index in [0.29, 0.717) is 11.1 Å². The van der Waals surface area contributed by atoms with E-state index in [4.69, 9.17) is 5.73 Å². The van der Waals surface area contributed by atoms with Gasteiger partial charge >= 0.3 is 0 Å². The summed E-state index contributed by atoms with van der Waals surface area (Å²) in [5.41, 5.74) is 6.79. The Bertz CT molecular complexity index is 602. The van der Waals surface area contributed by atoms with Crippen LogP contribution in [-0.2, 0) is 0 Å². The first-order chi connectivity index (χ1) is 8.90.